The van der Waals surface area contributed by atoms with E-state index in [-0.39, 0.29) is 41.0 Å². The predicted molar refractivity (Wildman–Crippen MR) is 101 cm³/mol. The van der Waals surface area contributed by atoms with Crippen molar-refractivity contribution < 1.29 is 13.2 Å². The number of nitrogens with one attached hydrogen (secondary N) is 3. The van der Waals surface area contributed by atoms with E-state index in [4.69, 9.17) is 23.2 Å². The number of aliphatic imine (C=N–C) groups is 1. The molecule has 3 heterocycles. The molecular weight excluding hydrogens is 415 g/mol. The zero-order valence-electron chi connectivity index (χ0n) is 14.2. The SMILES string of the molecule is O=C1NC(N2CCN(S(=O)(=O)c3cc(Cl)ccc3Cl)CC2)=NC2NNCC12. The number of benzene rings is 1. The molecule has 3 aliphatic rings. The van der Waals surface area contributed by atoms with E-state index in [2.05, 4.69) is 21.2 Å². The first-order valence-corrected chi connectivity index (χ1v) is 10.6. The van der Waals surface area contributed by atoms with Crippen molar-refractivity contribution in [2.45, 2.75) is 11.1 Å². The molecule has 0 saturated carbocycles. The molecule has 0 aliphatic carbocycles. The summed E-state index contributed by atoms with van der Waals surface area (Å²) in [4.78, 5) is 18.6. The average molecular weight is 433 g/mol. The van der Waals surface area contributed by atoms with Crippen LogP contribution in [-0.2, 0) is 14.8 Å². The molecule has 0 bridgehead atoms. The lowest BCUT2D eigenvalue weighted by molar-refractivity contribution is -0.124. The average Bonchev–Trinajstić information content (AvgIpc) is 3.13. The maximum Gasteiger partial charge on any atom is 0.244 e. The summed E-state index contributed by atoms with van der Waals surface area (Å²) in [6.45, 7) is 1.84. The van der Waals surface area contributed by atoms with Crippen LogP contribution in [0.2, 0.25) is 10.0 Å². The van der Waals surface area contributed by atoms with E-state index in [0.29, 0.717) is 30.6 Å². The van der Waals surface area contributed by atoms with Gasteiger partial charge in [0, 0.05) is 37.7 Å². The van der Waals surface area contributed by atoms with Crippen LogP contribution in [0.4, 0.5) is 0 Å². The van der Waals surface area contributed by atoms with Crippen molar-refractivity contribution in [1.29, 1.82) is 0 Å². The Labute approximate surface area is 166 Å². The number of fused-ring (bicyclic) bond motifs is 1. The number of hydrogen-bond donors (Lipinski definition) is 3. The van der Waals surface area contributed by atoms with Gasteiger partial charge in [0.1, 0.15) is 11.1 Å². The standard InChI is InChI=1S/C15H18Cl2N6O3S/c16-9-1-2-11(17)12(7-9)27(25,26)23-5-3-22(4-6-23)15-19-13-10(8-18-21-13)14(24)20-15/h1-2,7,10,13,18,21H,3-6,8H2,(H,19,20,24). The van der Waals surface area contributed by atoms with Gasteiger partial charge in [-0.1, -0.05) is 23.2 Å². The zero-order chi connectivity index (χ0) is 19.2. The molecular formula is C15H18Cl2N6O3S. The number of carbonyl (C=O) groups is 1. The van der Waals surface area contributed by atoms with Crippen LogP contribution in [0.1, 0.15) is 0 Å². The van der Waals surface area contributed by atoms with E-state index in [1.165, 1.54) is 16.4 Å². The molecule has 27 heavy (non-hydrogen) atoms. The number of carbonyl (C=O) groups excluding carboxylic acids is 1. The summed E-state index contributed by atoms with van der Waals surface area (Å²) in [5, 5.41) is 3.25. The van der Waals surface area contributed by atoms with Crippen LogP contribution in [0.3, 0.4) is 0 Å². The molecule has 2 unspecified atom stereocenters. The second-order valence-corrected chi connectivity index (χ2v) is 9.23. The maximum atomic E-state index is 12.9. The van der Waals surface area contributed by atoms with Gasteiger partial charge in [0.25, 0.3) is 0 Å². The van der Waals surface area contributed by atoms with Gasteiger partial charge in [0.2, 0.25) is 21.9 Å². The molecule has 12 heteroatoms. The van der Waals surface area contributed by atoms with E-state index in [1.54, 1.807) is 6.07 Å². The van der Waals surface area contributed by atoms with Crippen LogP contribution < -0.4 is 16.2 Å². The smallest absolute Gasteiger partial charge is 0.244 e. The summed E-state index contributed by atoms with van der Waals surface area (Å²) < 4.78 is 27.1. The Morgan fingerprint density at radius 2 is 1.89 bits per heavy atom. The molecule has 1 amide bonds. The van der Waals surface area contributed by atoms with Crippen molar-refractivity contribution in [3.63, 3.8) is 0 Å². The van der Waals surface area contributed by atoms with Crippen molar-refractivity contribution in [2.24, 2.45) is 10.9 Å². The van der Waals surface area contributed by atoms with Gasteiger partial charge in [0.15, 0.2) is 0 Å². The van der Waals surface area contributed by atoms with E-state index >= 15 is 0 Å². The molecule has 146 valence electrons. The Balaban J connectivity index is 1.47. The molecule has 1 aromatic rings. The third-order valence-corrected chi connectivity index (χ3v) is 7.45. The number of piperazine rings is 1. The largest absolute Gasteiger partial charge is 0.340 e. The number of guanidine groups is 1. The Hall–Kier alpha value is -1.43. The van der Waals surface area contributed by atoms with E-state index < -0.39 is 10.0 Å². The molecule has 9 nitrogen and oxygen atoms in total. The van der Waals surface area contributed by atoms with Gasteiger partial charge in [-0.25, -0.2) is 18.8 Å². The lowest BCUT2D eigenvalue weighted by Crippen LogP contribution is -2.58. The van der Waals surface area contributed by atoms with Gasteiger partial charge in [-0.3, -0.25) is 15.5 Å². The molecule has 2 fully saturated rings. The van der Waals surface area contributed by atoms with Gasteiger partial charge in [-0.05, 0) is 18.2 Å². The first-order valence-electron chi connectivity index (χ1n) is 8.43. The molecule has 4 rings (SSSR count). The van der Waals surface area contributed by atoms with Crippen LogP contribution in [0.5, 0.6) is 0 Å². The normalized spacial score (nSPS) is 26.5. The Bertz CT molecular complexity index is 901. The topological polar surface area (TPSA) is 106 Å². The molecule has 1 aromatic carbocycles. The molecule has 0 aromatic heterocycles. The predicted octanol–water partition coefficient (Wildman–Crippen LogP) is -0.164. The minimum atomic E-state index is -3.75. The van der Waals surface area contributed by atoms with Crippen molar-refractivity contribution in [3.8, 4) is 0 Å². The highest BCUT2D eigenvalue weighted by molar-refractivity contribution is 7.89. The fourth-order valence-corrected chi connectivity index (χ4v) is 5.49. The summed E-state index contributed by atoms with van der Waals surface area (Å²) >= 11 is 12.0. The highest BCUT2D eigenvalue weighted by Gasteiger charge is 2.39. The van der Waals surface area contributed by atoms with Crippen LogP contribution in [0.25, 0.3) is 0 Å². The number of hydrogen-bond acceptors (Lipinski definition) is 7. The second-order valence-electron chi connectivity index (χ2n) is 6.48. The van der Waals surface area contributed by atoms with Crippen LogP contribution >= 0.6 is 23.2 Å². The fraction of sp³-hybridized carbons (Fsp3) is 0.467. The first-order chi connectivity index (χ1) is 12.9. The van der Waals surface area contributed by atoms with E-state index in [9.17, 15) is 13.2 Å². The molecule has 0 spiro atoms. The van der Waals surface area contributed by atoms with Gasteiger partial charge in [-0.15, -0.1) is 0 Å². The summed E-state index contributed by atoms with van der Waals surface area (Å²) in [5.74, 6) is 0.138. The summed E-state index contributed by atoms with van der Waals surface area (Å²) in [5.41, 5.74) is 5.89. The molecule has 3 aliphatic heterocycles. The van der Waals surface area contributed by atoms with Gasteiger partial charge >= 0.3 is 0 Å². The minimum Gasteiger partial charge on any atom is -0.340 e. The van der Waals surface area contributed by atoms with Gasteiger partial charge in [0.05, 0.1) is 10.9 Å². The number of amides is 1. The summed E-state index contributed by atoms with van der Waals surface area (Å²) in [7, 11) is -3.75. The zero-order valence-corrected chi connectivity index (χ0v) is 16.5. The van der Waals surface area contributed by atoms with E-state index in [1.807, 2.05) is 4.90 Å². The second kappa shape index (κ2) is 7.19. The highest BCUT2D eigenvalue weighted by atomic mass is 35.5. The number of rotatable bonds is 2. The quantitative estimate of drug-likeness (QED) is 0.599. The number of sulfonamides is 1. The molecule has 2 saturated heterocycles. The Morgan fingerprint density at radius 3 is 2.63 bits per heavy atom. The number of nitrogens with zero attached hydrogens (tertiary/aromatic N) is 3. The van der Waals surface area contributed by atoms with Crippen LogP contribution in [0.15, 0.2) is 28.1 Å². The third kappa shape index (κ3) is 3.53. The minimum absolute atomic E-state index is 0.00232. The van der Waals surface area contributed by atoms with Crippen molar-refractivity contribution in [2.75, 3.05) is 32.7 Å². The van der Waals surface area contributed by atoms with E-state index in [0.717, 1.165) is 0 Å². The van der Waals surface area contributed by atoms with Gasteiger partial charge < -0.3 is 4.90 Å². The van der Waals surface area contributed by atoms with Gasteiger partial charge in [-0.2, -0.15) is 4.31 Å². The Morgan fingerprint density at radius 1 is 1.15 bits per heavy atom. The molecule has 0 radical (unpaired) electrons. The van der Waals surface area contributed by atoms with Crippen molar-refractivity contribution in [3.05, 3.63) is 28.2 Å². The van der Waals surface area contributed by atoms with Crippen LogP contribution in [0, 0.1) is 5.92 Å². The molecule has 2 atom stereocenters. The van der Waals surface area contributed by atoms with Crippen LogP contribution in [-0.4, -0.2) is 68.4 Å². The number of hydrazine groups is 1. The highest BCUT2D eigenvalue weighted by Crippen LogP contribution is 2.28. The summed E-state index contributed by atoms with van der Waals surface area (Å²) in [6, 6.07) is 4.37. The monoisotopic (exact) mass is 432 g/mol. The van der Waals surface area contributed by atoms with Crippen molar-refractivity contribution in [1.82, 2.24) is 25.4 Å². The summed E-state index contributed by atoms with van der Waals surface area (Å²) in [6.07, 6.45) is -0.305. The lowest BCUT2D eigenvalue weighted by Gasteiger charge is -2.37. The first kappa shape index (κ1) is 18.9. The Kier molecular flexibility index (Phi) is 5.04. The maximum absolute atomic E-state index is 12.9. The fourth-order valence-electron chi connectivity index (χ4n) is 3.33. The van der Waals surface area contributed by atoms with Crippen molar-refractivity contribution >= 4 is 45.1 Å². The third-order valence-electron chi connectivity index (χ3n) is 4.84. The number of halogens is 2. The lowest BCUT2D eigenvalue weighted by atomic mass is 10.1. The molecule has 3 N–H and O–H groups in total.